The molecule has 2 amide bonds. The number of nitrogens with zero attached hydrogens (tertiary/aromatic N) is 1. The lowest BCUT2D eigenvalue weighted by Crippen LogP contribution is -2.20. The highest BCUT2D eigenvalue weighted by molar-refractivity contribution is 9.10. The first-order valence-electron chi connectivity index (χ1n) is 7.59. The lowest BCUT2D eigenvalue weighted by molar-refractivity contribution is -0.124. The summed E-state index contributed by atoms with van der Waals surface area (Å²) in [5, 5.41) is 6.59. The molecule has 0 unspecified atom stereocenters. The summed E-state index contributed by atoms with van der Waals surface area (Å²) in [4.78, 5) is 23.7. The molecule has 0 saturated heterocycles. The van der Waals surface area contributed by atoms with E-state index in [-0.39, 0.29) is 24.7 Å². The number of carbonyl (C=O) groups excluding carboxylic acids is 2. The van der Waals surface area contributed by atoms with Crippen molar-refractivity contribution in [1.29, 1.82) is 0 Å². The van der Waals surface area contributed by atoms with Gasteiger partial charge in [0, 0.05) is 17.3 Å². The predicted octanol–water partition coefficient (Wildman–Crippen LogP) is 3.33. The topological polar surface area (TPSA) is 79.8 Å². The SMILES string of the molecule is COc1ccccc1NC(=O)CCC(=O)NN=Cc1cccc(Br)c1. The number of benzene rings is 2. The second-order valence-electron chi connectivity index (χ2n) is 5.10. The van der Waals surface area contributed by atoms with E-state index in [1.54, 1.807) is 18.2 Å². The number of carbonyl (C=O) groups is 2. The molecule has 0 aliphatic rings. The van der Waals surface area contributed by atoms with Crippen molar-refractivity contribution in [3.05, 3.63) is 58.6 Å². The third kappa shape index (κ3) is 6.39. The van der Waals surface area contributed by atoms with Gasteiger partial charge in [-0.2, -0.15) is 5.10 Å². The van der Waals surface area contributed by atoms with Crippen LogP contribution in [0, 0.1) is 0 Å². The summed E-state index contributed by atoms with van der Waals surface area (Å²) in [5.74, 6) is -0.0315. The van der Waals surface area contributed by atoms with Gasteiger partial charge in [0.1, 0.15) is 5.75 Å². The lowest BCUT2D eigenvalue weighted by Gasteiger charge is -2.09. The quantitative estimate of drug-likeness (QED) is 0.549. The Balaban J connectivity index is 1.76. The molecule has 25 heavy (non-hydrogen) atoms. The molecular weight excluding hydrogens is 386 g/mol. The van der Waals surface area contributed by atoms with Crippen LogP contribution in [-0.4, -0.2) is 25.1 Å². The number of nitrogens with one attached hydrogen (secondary N) is 2. The van der Waals surface area contributed by atoms with Gasteiger partial charge in [0.15, 0.2) is 0 Å². The fourth-order valence-corrected chi connectivity index (χ4v) is 2.43. The number of rotatable bonds is 7. The summed E-state index contributed by atoms with van der Waals surface area (Å²) in [6.45, 7) is 0. The molecule has 0 aliphatic heterocycles. The molecule has 0 saturated carbocycles. The van der Waals surface area contributed by atoms with Crippen molar-refractivity contribution in [2.45, 2.75) is 12.8 Å². The van der Waals surface area contributed by atoms with Crippen molar-refractivity contribution in [1.82, 2.24) is 5.43 Å². The van der Waals surface area contributed by atoms with Gasteiger partial charge < -0.3 is 10.1 Å². The molecule has 2 rings (SSSR count). The van der Waals surface area contributed by atoms with Crippen molar-refractivity contribution >= 4 is 39.6 Å². The monoisotopic (exact) mass is 403 g/mol. The van der Waals surface area contributed by atoms with E-state index in [9.17, 15) is 9.59 Å². The summed E-state index contributed by atoms with van der Waals surface area (Å²) < 4.78 is 6.09. The van der Waals surface area contributed by atoms with Crippen LogP contribution in [-0.2, 0) is 9.59 Å². The van der Waals surface area contributed by atoms with Gasteiger partial charge in [0.25, 0.3) is 0 Å². The molecule has 0 aromatic heterocycles. The molecule has 130 valence electrons. The Labute approximate surface area is 154 Å². The Morgan fingerprint density at radius 2 is 1.88 bits per heavy atom. The summed E-state index contributed by atoms with van der Waals surface area (Å²) in [7, 11) is 1.53. The van der Waals surface area contributed by atoms with E-state index < -0.39 is 0 Å². The lowest BCUT2D eigenvalue weighted by atomic mass is 10.2. The predicted molar refractivity (Wildman–Crippen MR) is 101 cm³/mol. The van der Waals surface area contributed by atoms with Crippen LogP contribution < -0.4 is 15.5 Å². The average molecular weight is 404 g/mol. The van der Waals surface area contributed by atoms with Gasteiger partial charge in [0.2, 0.25) is 11.8 Å². The zero-order chi connectivity index (χ0) is 18.1. The molecular formula is C18H18BrN3O3. The minimum absolute atomic E-state index is 0.0385. The molecule has 0 spiro atoms. The highest BCUT2D eigenvalue weighted by Gasteiger charge is 2.09. The average Bonchev–Trinajstić information content (AvgIpc) is 2.60. The molecule has 0 radical (unpaired) electrons. The smallest absolute Gasteiger partial charge is 0.240 e. The number of halogens is 1. The number of amides is 2. The van der Waals surface area contributed by atoms with Gasteiger partial charge in [-0.05, 0) is 29.8 Å². The molecule has 0 bridgehead atoms. The first-order valence-corrected chi connectivity index (χ1v) is 8.38. The maximum absolute atomic E-state index is 11.9. The van der Waals surface area contributed by atoms with Crippen molar-refractivity contribution < 1.29 is 14.3 Å². The Hall–Kier alpha value is -2.67. The third-order valence-corrected chi connectivity index (χ3v) is 3.70. The summed E-state index contributed by atoms with van der Waals surface area (Å²) in [6.07, 6.45) is 1.63. The zero-order valence-electron chi connectivity index (χ0n) is 13.7. The van der Waals surface area contributed by atoms with Crippen LogP contribution in [0.15, 0.2) is 58.1 Å². The number of hydrogen-bond donors (Lipinski definition) is 2. The first kappa shape index (κ1) is 18.7. The van der Waals surface area contributed by atoms with E-state index in [0.717, 1.165) is 10.0 Å². The molecule has 2 aromatic rings. The molecule has 0 fully saturated rings. The van der Waals surface area contributed by atoms with E-state index in [0.29, 0.717) is 11.4 Å². The van der Waals surface area contributed by atoms with Gasteiger partial charge in [-0.15, -0.1) is 0 Å². The fraction of sp³-hybridized carbons (Fsp3) is 0.167. The van der Waals surface area contributed by atoms with Crippen molar-refractivity contribution in [2.24, 2.45) is 5.10 Å². The minimum atomic E-state index is -0.332. The number of methoxy groups -OCH3 is 1. The summed E-state index contributed by atoms with van der Waals surface area (Å²) in [6, 6.07) is 14.6. The van der Waals surface area contributed by atoms with Crippen LogP contribution in [0.1, 0.15) is 18.4 Å². The molecule has 6 nitrogen and oxygen atoms in total. The molecule has 0 heterocycles. The van der Waals surface area contributed by atoms with Crippen LogP contribution in [0.4, 0.5) is 5.69 Å². The van der Waals surface area contributed by atoms with Crippen LogP contribution in [0.2, 0.25) is 0 Å². The molecule has 7 heteroatoms. The number of ether oxygens (including phenoxy) is 1. The molecule has 2 N–H and O–H groups in total. The summed E-state index contributed by atoms with van der Waals surface area (Å²) in [5.41, 5.74) is 3.83. The van der Waals surface area contributed by atoms with E-state index >= 15 is 0 Å². The number of para-hydroxylation sites is 2. The Morgan fingerprint density at radius 3 is 2.64 bits per heavy atom. The highest BCUT2D eigenvalue weighted by atomic mass is 79.9. The fourth-order valence-electron chi connectivity index (χ4n) is 2.01. The highest BCUT2D eigenvalue weighted by Crippen LogP contribution is 2.23. The van der Waals surface area contributed by atoms with E-state index in [4.69, 9.17) is 4.74 Å². The van der Waals surface area contributed by atoms with Gasteiger partial charge in [0.05, 0.1) is 19.0 Å². The minimum Gasteiger partial charge on any atom is -0.495 e. The number of anilines is 1. The summed E-state index contributed by atoms with van der Waals surface area (Å²) >= 11 is 3.36. The second-order valence-corrected chi connectivity index (χ2v) is 6.01. The second kappa shape index (κ2) is 9.58. The van der Waals surface area contributed by atoms with Gasteiger partial charge >= 0.3 is 0 Å². The van der Waals surface area contributed by atoms with Crippen LogP contribution in [0.3, 0.4) is 0 Å². The number of hydrogen-bond acceptors (Lipinski definition) is 4. The van der Waals surface area contributed by atoms with Crippen LogP contribution >= 0.6 is 15.9 Å². The zero-order valence-corrected chi connectivity index (χ0v) is 15.2. The van der Waals surface area contributed by atoms with Gasteiger partial charge in [-0.1, -0.05) is 40.2 Å². The number of hydrazone groups is 1. The normalized spacial score (nSPS) is 10.5. The molecule has 0 aliphatic carbocycles. The van der Waals surface area contributed by atoms with Crippen molar-refractivity contribution in [2.75, 3.05) is 12.4 Å². The van der Waals surface area contributed by atoms with Crippen molar-refractivity contribution in [3.8, 4) is 5.75 Å². The van der Waals surface area contributed by atoms with E-state index in [1.165, 1.54) is 13.3 Å². The Bertz CT molecular complexity index is 778. The first-order chi connectivity index (χ1) is 12.1. The maximum atomic E-state index is 11.9. The Kier molecular flexibility index (Phi) is 7.16. The van der Waals surface area contributed by atoms with E-state index in [1.807, 2.05) is 30.3 Å². The third-order valence-electron chi connectivity index (χ3n) is 3.21. The Morgan fingerprint density at radius 1 is 1.12 bits per heavy atom. The van der Waals surface area contributed by atoms with Crippen LogP contribution in [0.5, 0.6) is 5.75 Å². The van der Waals surface area contributed by atoms with Crippen molar-refractivity contribution in [3.63, 3.8) is 0 Å². The molecule has 0 atom stereocenters. The molecule has 2 aromatic carbocycles. The standard InChI is InChI=1S/C18H18BrN3O3/c1-25-16-8-3-2-7-15(16)21-17(23)9-10-18(24)22-20-12-13-5-4-6-14(19)11-13/h2-8,11-12H,9-10H2,1H3,(H,21,23)(H,22,24). The van der Waals surface area contributed by atoms with Crippen LogP contribution in [0.25, 0.3) is 0 Å². The largest absolute Gasteiger partial charge is 0.495 e. The van der Waals surface area contributed by atoms with Gasteiger partial charge in [-0.3, -0.25) is 9.59 Å². The van der Waals surface area contributed by atoms with Gasteiger partial charge in [-0.25, -0.2) is 5.43 Å². The van der Waals surface area contributed by atoms with E-state index in [2.05, 4.69) is 31.8 Å². The maximum Gasteiger partial charge on any atom is 0.240 e.